The summed E-state index contributed by atoms with van der Waals surface area (Å²) in [5, 5.41) is 16.3. The smallest absolute Gasteiger partial charge is 0.269 e. The molecule has 0 aliphatic heterocycles. The van der Waals surface area contributed by atoms with Crippen molar-refractivity contribution >= 4 is 35.0 Å². The number of benzene rings is 2. The molecule has 0 bridgehead atoms. The molecule has 1 fully saturated rings. The lowest BCUT2D eigenvalue weighted by Gasteiger charge is -2.12. The Bertz CT molecular complexity index is 915. The van der Waals surface area contributed by atoms with Crippen LogP contribution >= 0.6 is 0 Å². The van der Waals surface area contributed by atoms with Crippen LogP contribution in [-0.2, 0) is 9.59 Å². The van der Waals surface area contributed by atoms with E-state index in [1.807, 2.05) is 6.92 Å². The van der Waals surface area contributed by atoms with Gasteiger partial charge >= 0.3 is 0 Å². The van der Waals surface area contributed by atoms with Crippen LogP contribution in [0.25, 0.3) is 6.08 Å². The van der Waals surface area contributed by atoms with Crippen LogP contribution in [0.15, 0.2) is 48.5 Å². The first kappa shape index (κ1) is 18.3. The molecule has 0 atom stereocenters. The number of carbonyl (C=O) groups is 2. The monoisotopic (exact) mass is 365 g/mol. The Morgan fingerprint density at radius 1 is 1.07 bits per heavy atom. The van der Waals surface area contributed by atoms with E-state index in [2.05, 4.69) is 10.6 Å². The van der Waals surface area contributed by atoms with Gasteiger partial charge in [-0.15, -0.1) is 0 Å². The van der Waals surface area contributed by atoms with Gasteiger partial charge in [0.05, 0.1) is 4.92 Å². The van der Waals surface area contributed by atoms with Crippen LogP contribution in [0, 0.1) is 23.0 Å². The van der Waals surface area contributed by atoms with Gasteiger partial charge in [-0.2, -0.15) is 0 Å². The van der Waals surface area contributed by atoms with Crippen molar-refractivity contribution in [3.8, 4) is 0 Å². The van der Waals surface area contributed by atoms with Crippen molar-refractivity contribution in [3.05, 3.63) is 69.8 Å². The minimum absolute atomic E-state index is 0.00251. The summed E-state index contributed by atoms with van der Waals surface area (Å²) in [6.45, 7) is 1.83. The van der Waals surface area contributed by atoms with E-state index in [9.17, 15) is 19.7 Å². The second-order valence-corrected chi connectivity index (χ2v) is 6.41. The lowest BCUT2D eigenvalue weighted by atomic mass is 10.1. The summed E-state index contributed by atoms with van der Waals surface area (Å²) in [6.07, 6.45) is 4.78. The van der Waals surface area contributed by atoms with Crippen molar-refractivity contribution in [1.82, 2.24) is 0 Å². The van der Waals surface area contributed by atoms with Crippen molar-refractivity contribution in [2.75, 3.05) is 10.6 Å². The average Bonchev–Trinajstić information content (AvgIpc) is 3.49. The number of nitro benzene ring substituents is 1. The van der Waals surface area contributed by atoms with Crippen molar-refractivity contribution in [1.29, 1.82) is 0 Å². The van der Waals surface area contributed by atoms with Crippen LogP contribution in [0.5, 0.6) is 0 Å². The van der Waals surface area contributed by atoms with E-state index in [1.165, 1.54) is 18.2 Å². The van der Waals surface area contributed by atoms with E-state index in [1.54, 1.807) is 36.4 Å². The zero-order chi connectivity index (χ0) is 19.4. The minimum Gasteiger partial charge on any atom is -0.326 e. The first-order valence-corrected chi connectivity index (χ1v) is 8.58. The number of nitrogens with zero attached hydrogens (tertiary/aromatic N) is 1. The maximum atomic E-state index is 12.2. The SMILES string of the molecule is Cc1c(NC(=O)/C=C/c2ccc([N+](=O)[O-])cc2)cccc1NC(=O)C1CC1. The minimum atomic E-state index is -0.474. The largest absolute Gasteiger partial charge is 0.326 e. The van der Waals surface area contributed by atoms with Crippen molar-refractivity contribution < 1.29 is 14.5 Å². The van der Waals surface area contributed by atoms with Gasteiger partial charge in [-0.1, -0.05) is 6.07 Å². The van der Waals surface area contributed by atoms with Gasteiger partial charge in [-0.05, 0) is 61.2 Å². The van der Waals surface area contributed by atoms with E-state index in [0.717, 1.165) is 18.4 Å². The van der Waals surface area contributed by atoms with Crippen LogP contribution in [0.4, 0.5) is 17.1 Å². The molecule has 7 heteroatoms. The summed E-state index contributed by atoms with van der Waals surface area (Å²) in [6, 6.07) is 11.2. The Hall–Kier alpha value is -3.48. The average molecular weight is 365 g/mol. The van der Waals surface area contributed by atoms with Crippen molar-refractivity contribution in [3.63, 3.8) is 0 Å². The number of nitro groups is 1. The maximum Gasteiger partial charge on any atom is 0.269 e. The number of anilines is 2. The molecule has 0 spiro atoms. The number of hydrogen-bond acceptors (Lipinski definition) is 4. The molecule has 7 nitrogen and oxygen atoms in total. The number of carbonyl (C=O) groups excluding carboxylic acids is 2. The number of non-ortho nitro benzene ring substituents is 1. The van der Waals surface area contributed by atoms with Crippen LogP contribution < -0.4 is 10.6 Å². The standard InChI is InChI=1S/C20H19N3O4/c1-13-17(3-2-4-18(13)22-20(25)15-8-9-15)21-19(24)12-7-14-5-10-16(11-6-14)23(26)27/h2-7,10-12,15H,8-9H2,1H3,(H,21,24)(H,22,25)/b12-7+. The molecule has 2 aromatic carbocycles. The van der Waals surface area contributed by atoms with Gasteiger partial charge in [-0.3, -0.25) is 19.7 Å². The fourth-order valence-electron chi connectivity index (χ4n) is 2.54. The highest BCUT2D eigenvalue weighted by molar-refractivity contribution is 6.03. The molecular formula is C20H19N3O4. The number of nitrogens with one attached hydrogen (secondary N) is 2. The Balaban J connectivity index is 1.64. The number of hydrogen-bond donors (Lipinski definition) is 2. The van der Waals surface area contributed by atoms with Gasteiger partial charge in [0.25, 0.3) is 5.69 Å². The summed E-state index contributed by atoms with van der Waals surface area (Å²) < 4.78 is 0. The third-order valence-corrected chi connectivity index (χ3v) is 4.33. The lowest BCUT2D eigenvalue weighted by molar-refractivity contribution is -0.384. The van der Waals surface area contributed by atoms with E-state index in [-0.39, 0.29) is 23.4 Å². The Labute approximate surface area is 156 Å². The van der Waals surface area contributed by atoms with Gasteiger partial charge in [0, 0.05) is 35.5 Å². The molecule has 2 amide bonds. The van der Waals surface area contributed by atoms with E-state index in [0.29, 0.717) is 16.9 Å². The molecule has 0 radical (unpaired) electrons. The van der Waals surface area contributed by atoms with Crippen molar-refractivity contribution in [2.45, 2.75) is 19.8 Å². The molecular weight excluding hydrogens is 346 g/mol. The van der Waals surface area contributed by atoms with Crippen LogP contribution in [0.3, 0.4) is 0 Å². The van der Waals surface area contributed by atoms with E-state index >= 15 is 0 Å². The highest BCUT2D eigenvalue weighted by Crippen LogP contribution is 2.31. The predicted molar refractivity (Wildman–Crippen MR) is 103 cm³/mol. The van der Waals surface area contributed by atoms with Crippen molar-refractivity contribution in [2.24, 2.45) is 5.92 Å². The summed E-state index contributed by atoms with van der Waals surface area (Å²) in [5.74, 6) is -0.214. The quantitative estimate of drug-likeness (QED) is 0.460. The fourth-order valence-corrected chi connectivity index (χ4v) is 2.54. The zero-order valence-electron chi connectivity index (χ0n) is 14.8. The van der Waals surface area contributed by atoms with Gasteiger partial charge in [-0.25, -0.2) is 0 Å². The summed E-state index contributed by atoms with van der Waals surface area (Å²) in [4.78, 5) is 34.3. The van der Waals surface area contributed by atoms with Crippen LogP contribution in [0.1, 0.15) is 24.0 Å². The van der Waals surface area contributed by atoms with Crippen LogP contribution in [-0.4, -0.2) is 16.7 Å². The first-order chi connectivity index (χ1) is 12.9. The highest BCUT2D eigenvalue weighted by Gasteiger charge is 2.29. The third-order valence-electron chi connectivity index (χ3n) is 4.33. The van der Waals surface area contributed by atoms with Gasteiger partial charge in [0.2, 0.25) is 11.8 Å². The van der Waals surface area contributed by atoms with Gasteiger partial charge < -0.3 is 10.6 Å². The predicted octanol–water partition coefficient (Wildman–Crippen LogP) is 3.90. The Morgan fingerprint density at radius 2 is 1.70 bits per heavy atom. The molecule has 2 aromatic rings. The Kier molecular flexibility index (Phi) is 5.30. The second kappa shape index (κ2) is 7.82. The molecule has 0 heterocycles. The zero-order valence-corrected chi connectivity index (χ0v) is 14.8. The highest BCUT2D eigenvalue weighted by atomic mass is 16.6. The summed E-state index contributed by atoms with van der Waals surface area (Å²) in [5.41, 5.74) is 2.75. The first-order valence-electron chi connectivity index (χ1n) is 8.58. The summed E-state index contributed by atoms with van der Waals surface area (Å²) >= 11 is 0. The molecule has 138 valence electrons. The Morgan fingerprint density at radius 3 is 2.30 bits per heavy atom. The van der Waals surface area contributed by atoms with Crippen LogP contribution in [0.2, 0.25) is 0 Å². The molecule has 0 aromatic heterocycles. The molecule has 1 aliphatic rings. The third kappa shape index (κ3) is 4.78. The lowest BCUT2D eigenvalue weighted by Crippen LogP contribution is -2.15. The summed E-state index contributed by atoms with van der Waals surface area (Å²) in [7, 11) is 0. The normalized spacial score (nSPS) is 13.4. The van der Waals surface area contributed by atoms with E-state index < -0.39 is 4.92 Å². The fraction of sp³-hybridized carbons (Fsp3) is 0.200. The molecule has 27 heavy (non-hydrogen) atoms. The molecule has 1 aliphatic carbocycles. The second-order valence-electron chi connectivity index (χ2n) is 6.41. The van der Waals surface area contributed by atoms with Gasteiger partial charge in [0.1, 0.15) is 0 Å². The topological polar surface area (TPSA) is 101 Å². The molecule has 1 saturated carbocycles. The molecule has 3 rings (SSSR count). The van der Waals surface area contributed by atoms with Gasteiger partial charge in [0.15, 0.2) is 0 Å². The molecule has 2 N–H and O–H groups in total. The number of rotatable bonds is 6. The molecule has 0 saturated heterocycles. The van der Waals surface area contributed by atoms with E-state index in [4.69, 9.17) is 0 Å². The maximum absolute atomic E-state index is 12.2. The number of amides is 2. The molecule has 0 unspecified atom stereocenters.